The second-order valence-electron chi connectivity index (χ2n) is 4.76. The molecule has 0 saturated heterocycles. The summed E-state index contributed by atoms with van der Waals surface area (Å²) in [6.45, 7) is 4.41. The van der Waals surface area contributed by atoms with Crippen molar-refractivity contribution < 1.29 is 4.42 Å². The molecule has 1 aromatic heterocycles. The molecular formula is C14H18N4O. The highest BCUT2D eigenvalue weighted by molar-refractivity contribution is 5.41. The fourth-order valence-electron chi connectivity index (χ4n) is 2.38. The van der Waals surface area contributed by atoms with Gasteiger partial charge in [-0.1, -0.05) is 36.3 Å². The molecule has 0 radical (unpaired) electrons. The smallest absolute Gasteiger partial charge is 0.315 e. The molecule has 1 atom stereocenters. The molecule has 0 fully saturated rings. The van der Waals surface area contributed by atoms with Crippen molar-refractivity contribution in [3.8, 4) is 0 Å². The Morgan fingerprint density at radius 1 is 1.32 bits per heavy atom. The minimum absolute atomic E-state index is 0.511. The van der Waals surface area contributed by atoms with Crippen LogP contribution < -0.4 is 10.6 Å². The summed E-state index contributed by atoms with van der Waals surface area (Å²) < 4.78 is 5.50. The maximum absolute atomic E-state index is 5.50. The molecular weight excluding hydrogens is 240 g/mol. The van der Waals surface area contributed by atoms with Gasteiger partial charge in [0.25, 0.3) is 0 Å². The summed E-state index contributed by atoms with van der Waals surface area (Å²) in [6.07, 6.45) is 1.13. The average Bonchev–Trinajstić information content (AvgIpc) is 2.85. The number of hydrogen-bond donors (Lipinski definition) is 2. The van der Waals surface area contributed by atoms with E-state index < -0.39 is 0 Å². The lowest BCUT2D eigenvalue weighted by atomic mass is 9.78. The highest BCUT2D eigenvalue weighted by Crippen LogP contribution is 2.34. The van der Waals surface area contributed by atoms with E-state index in [0.717, 1.165) is 19.5 Å². The minimum Gasteiger partial charge on any atom is -0.407 e. The van der Waals surface area contributed by atoms with Crippen LogP contribution in [0.5, 0.6) is 0 Å². The zero-order valence-electron chi connectivity index (χ0n) is 11.0. The van der Waals surface area contributed by atoms with Gasteiger partial charge in [0.2, 0.25) is 5.89 Å². The van der Waals surface area contributed by atoms with Crippen molar-refractivity contribution in [2.45, 2.75) is 25.8 Å². The second kappa shape index (κ2) is 5.40. The fourth-order valence-corrected chi connectivity index (χ4v) is 2.38. The first-order valence-corrected chi connectivity index (χ1v) is 6.71. The van der Waals surface area contributed by atoms with E-state index in [1.807, 2.05) is 6.92 Å². The molecule has 1 aliphatic carbocycles. The van der Waals surface area contributed by atoms with Crippen molar-refractivity contribution in [1.82, 2.24) is 15.5 Å². The van der Waals surface area contributed by atoms with E-state index in [1.54, 1.807) is 0 Å². The first-order valence-electron chi connectivity index (χ1n) is 6.71. The third-order valence-electron chi connectivity index (χ3n) is 3.45. The molecule has 100 valence electrons. The Kier molecular flexibility index (Phi) is 3.46. The predicted octanol–water partition coefficient (Wildman–Crippen LogP) is 1.93. The Morgan fingerprint density at radius 3 is 3.05 bits per heavy atom. The van der Waals surface area contributed by atoms with Crippen LogP contribution in [-0.2, 0) is 13.0 Å². The van der Waals surface area contributed by atoms with Crippen LogP contribution in [0.25, 0.3) is 0 Å². The SMILES string of the molecule is CCNCc1nnc(NCC2Cc3ccccc32)o1. The van der Waals surface area contributed by atoms with Gasteiger partial charge in [0, 0.05) is 12.5 Å². The van der Waals surface area contributed by atoms with Gasteiger partial charge in [0.1, 0.15) is 0 Å². The molecule has 1 unspecified atom stereocenters. The van der Waals surface area contributed by atoms with Crippen LogP contribution in [0.15, 0.2) is 28.7 Å². The van der Waals surface area contributed by atoms with E-state index in [9.17, 15) is 0 Å². The van der Waals surface area contributed by atoms with E-state index >= 15 is 0 Å². The molecule has 1 aromatic carbocycles. The molecule has 5 nitrogen and oxygen atoms in total. The van der Waals surface area contributed by atoms with Crippen LogP contribution >= 0.6 is 0 Å². The van der Waals surface area contributed by atoms with Gasteiger partial charge in [-0.3, -0.25) is 0 Å². The van der Waals surface area contributed by atoms with Gasteiger partial charge in [-0.05, 0) is 24.1 Å². The van der Waals surface area contributed by atoms with Gasteiger partial charge in [-0.15, -0.1) is 5.10 Å². The quantitative estimate of drug-likeness (QED) is 0.829. The van der Waals surface area contributed by atoms with E-state index in [0.29, 0.717) is 24.4 Å². The molecule has 1 aliphatic rings. The third-order valence-corrected chi connectivity index (χ3v) is 3.45. The van der Waals surface area contributed by atoms with Crippen molar-refractivity contribution in [3.63, 3.8) is 0 Å². The monoisotopic (exact) mass is 258 g/mol. The largest absolute Gasteiger partial charge is 0.407 e. The summed E-state index contributed by atoms with van der Waals surface area (Å²) in [5.74, 6) is 1.18. The number of benzene rings is 1. The van der Waals surface area contributed by atoms with Gasteiger partial charge < -0.3 is 15.1 Å². The molecule has 0 aliphatic heterocycles. The summed E-state index contributed by atoms with van der Waals surface area (Å²) in [5.41, 5.74) is 2.88. The first kappa shape index (κ1) is 12.2. The lowest BCUT2D eigenvalue weighted by molar-refractivity contribution is 0.478. The van der Waals surface area contributed by atoms with E-state index in [-0.39, 0.29) is 0 Å². The van der Waals surface area contributed by atoms with Gasteiger partial charge in [0.15, 0.2) is 0 Å². The Morgan fingerprint density at radius 2 is 2.21 bits per heavy atom. The van der Waals surface area contributed by atoms with Gasteiger partial charge in [-0.2, -0.15) is 0 Å². The summed E-state index contributed by atoms with van der Waals surface area (Å²) in [6, 6.07) is 9.07. The Balaban J connectivity index is 1.52. The molecule has 2 aromatic rings. The number of aromatic nitrogens is 2. The third kappa shape index (κ3) is 2.61. The highest BCUT2D eigenvalue weighted by Gasteiger charge is 2.25. The van der Waals surface area contributed by atoms with Crippen molar-refractivity contribution >= 4 is 6.01 Å². The Hall–Kier alpha value is -1.88. The summed E-state index contributed by atoms with van der Waals surface area (Å²) in [4.78, 5) is 0. The highest BCUT2D eigenvalue weighted by atomic mass is 16.4. The number of nitrogens with one attached hydrogen (secondary N) is 2. The molecule has 2 N–H and O–H groups in total. The molecule has 0 saturated carbocycles. The van der Waals surface area contributed by atoms with Crippen molar-refractivity contribution in [3.05, 3.63) is 41.3 Å². The molecule has 0 amide bonds. The Labute approximate surface area is 112 Å². The van der Waals surface area contributed by atoms with Gasteiger partial charge >= 0.3 is 6.01 Å². The average molecular weight is 258 g/mol. The summed E-state index contributed by atoms with van der Waals surface area (Å²) in [5, 5.41) is 14.3. The van der Waals surface area contributed by atoms with Gasteiger partial charge in [0.05, 0.1) is 6.54 Å². The second-order valence-corrected chi connectivity index (χ2v) is 4.76. The van der Waals surface area contributed by atoms with Crippen molar-refractivity contribution in [1.29, 1.82) is 0 Å². The number of nitrogens with zero attached hydrogens (tertiary/aromatic N) is 2. The molecule has 1 heterocycles. The zero-order chi connectivity index (χ0) is 13.1. The molecule has 3 rings (SSSR count). The summed E-state index contributed by atoms with van der Waals surface area (Å²) in [7, 11) is 0. The Bertz CT molecular complexity index is 552. The lowest BCUT2D eigenvalue weighted by Crippen LogP contribution is -2.24. The number of anilines is 1. The number of fused-ring (bicyclic) bond motifs is 1. The van der Waals surface area contributed by atoms with E-state index in [1.165, 1.54) is 11.1 Å². The molecule has 0 spiro atoms. The maximum Gasteiger partial charge on any atom is 0.315 e. The molecule has 0 bridgehead atoms. The van der Waals surface area contributed by atoms with Crippen molar-refractivity contribution in [2.75, 3.05) is 18.4 Å². The lowest BCUT2D eigenvalue weighted by Gasteiger charge is -2.29. The van der Waals surface area contributed by atoms with E-state index in [4.69, 9.17) is 4.42 Å². The summed E-state index contributed by atoms with van der Waals surface area (Å²) >= 11 is 0. The standard InChI is InChI=1S/C14H18N4O/c1-2-15-9-13-17-18-14(19-13)16-8-11-7-10-5-3-4-6-12(10)11/h3-6,11,15H,2,7-9H2,1H3,(H,16,18). The predicted molar refractivity (Wildman–Crippen MR) is 73.1 cm³/mol. The molecule has 5 heteroatoms. The van der Waals surface area contributed by atoms with Crippen LogP contribution in [0.1, 0.15) is 29.9 Å². The van der Waals surface area contributed by atoms with Crippen LogP contribution in [0.3, 0.4) is 0 Å². The zero-order valence-corrected chi connectivity index (χ0v) is 11.0. The maximum atomic E-state index is 5.50. The number of hydrogen-bond acceptors (Lipinski definition) is 5. The van der Waals surface area contributed by atoms with Crippen LogP contribution in [0.2, 0.25) is 0 Å². The number of rotatable bonds is 6. The topological polar surface area (TPSA) is 63.0 Å². The minimum atomic E-state index is 0.511. The van der Waals surface area contributed by atoms with Crippen LogP contribution in [0.4, 0.5) is 6.01 Å². The van der Waals surface area contributed by atoms with Crippen LogP contribution in [-0.4, -0.2) is 23.3 Å². The van der Waals surface area contributed by atoms with Crippen molar-refractivity contribution in [2.24, 2.45) is 0 Å². The molecule has 19 heavy (non-hydrogen) atoms. The van der Waals surface area contributed by atoms with Crippen LogP contribution in [0, 0.1) is 0 Å². The fraction of sp³-hybridized carbons (Fsp3) is 0.429. The van der Waals surface area contributed by atoms with E-state index in [2.05, 4.69) is 45.1 Å². The first-order chi connectivity index (χ1) is 9.36. The van der Waals surface area contributed by atoms with Gasteiger partial charge in [-0.25, -0.2) is 0 Å². The normalized spacial score (nSPS) is 16.8.